The van der Waals surface area contributed by atoms with Crippen LogP contribution >= 0.6 is 47.2 Å². The van der Waals surface area contributed by atoms with Gasteiger partial charge in [0.1, 0.15) is 5.75 Å². The van der Waals surface area contributed by atoms with E-state index in [0.717, 1.165) is 5.56 Å². The highest BCUT2D eigenvalue weighted by atomic mass is 35.5. The molecule has 1 heterocycles. The Labute approximate surface area is 210 Å². The molecule has 0 bridgehead atoms. The molecular formula is C24H16Cl2N2O3S2. The summed E-state index contributed by atoms with van der Waals surface area (Å²) in [4.78, 5) is 27.1. The van der Waals surface area contributed by atoms with Crippen LogP contribution in [0.4, 0.5) is 11.4 Å². The second-order valence-electron chi connectivity index (χ2n) is 6.88. The van der Waals surface area contributed by atoms with Crippen LogP contribution in [0.3, 0.4) is 0 Å². The first-order valence-electron chi connectivity index (χ1n) is 9.71. The average Bonchev–Trinajstić information content (AvgIpc) is 3.07. The number of nitrogens with zero attached hydrogens (tertiary/aromatic N) is 1. The van der Waals surface area contributed by atoms with Gasteiger partial charge >= 0.3 is 0 Å². The summed E-state index contributed by atoms with van der Waals surface area (Å²) in [7, 11) is 0. The molecule has 1 saturated heterocycles. The zero-order valence-corrected chi connectivity index (χ0v) is 20.1. The molecule has 166 valence electrons. The van der Waals surface area contributed by atoms with E-state index in [1.54, 1.807) is 72.8 Å². The first-order valence-corrected chi connectivity index (χ1v) is 11.7. The molecule has 1 aliphatic rings. The summed E-state index contributed by atoms with van der Waals surface area (Å²) in [5.74, 6) is -0.0543. The summed E-state index contributed by atoms with van der Waals surface area (Å²) in [6.07, 6.45) is 1.74. The van der Waals surface area contributed by atoms with Gasteiger partial charge in [0.2, 0.25) is 0 Å². The van der Waals surface area contributed by atoms with Crippen LogP contribution in [0.2, 0.25) is 10.0 Å². The number of thioether (sulfide) groups is 1. The van der Waals surface area contributed by atoms with Gasteiger partial charge in [0.25, 0.3) is 11.8 Å². The average molecular weight is 515 g/mol. The van der Waals surface area contributed by atoms with Crippen molar-refractivity contribution in [1.82, 2.24) is 0 Å². The van der Waals surface area contributed by atoms with Crippen molar-refractivity contribution in [3.05, 3.63) is 93.3 Å². The van der Waals surface area contributed by atoms with Crippen LogP contribution in [0.1, 0.15) is 5.56 Å². The third-order valence-electron chi connectivity index (χ3n) is 4.55. The maximum absolute atomic E-state index is 12.9. The second kappa shape index (κ2) is 10.4. The molecule has 0 saturated carbocycles. The molecule has 0 aromatic heterocycles. The summed E-state index contributed by atoms with van der Waals surface area (Å²) in [5.41, 5.74) is 1.92. The lowest BCUT2D eigenvalue weighted by atomic mass is 10.2. The van der Waals surface area contributed by atoms with E-state index < -0.39 is 0 Å². The monoisotopic (exact) mass is 514 g/mol. The molecule has 3 aromatic carbocycles. The number of ether oxygens (including phenoxy) is 1. The fraction of sp³-hybridized carbons (Fsp3) is 0.0417. The largest absolute Gasteiger partial charge is 0.484 e. The number of benzene rings is 3. The number of carbonyl (C=O) groups excluding carboxylic acids is 2. The third-order valence-corrected chi connectivity index (χ3v) is 6.44. The number of para-hydroxylation sites is 1. The Morgan fingerprint density at radius 1 is 1.06 bits per heavy atom. The SMILES string of the molecule is O=C(COc1cccc(/C=C2\SC(=S)N(c3ccc(Cl)cc3)C2=O)c1)Nc1ccccc1Cl. The number of nitrogens with one attached hydrogen (secondary N) is 1. The Balaban J connectivity index is 1.43. The van der Waals surface area contributed by atoms with Crippen molar-refractivity contribution in [3.8, 4) is 5.75 Å². The van der Waals surface area contributed by atoms with Crippen molar-refractivity contribution in [2.45, 2.75) is 0 Å². The highest BCUT2D eigenvalue weighted by Crippen LogP contribution is 2.36. The van der Waals surface area contributed by atoms with Gasteiger partial charge in [-0.05, 0) is 60.2 Å². The molecule has 1 fully saturated rings. The number of amides is 2. The van der Waals surface area contributed by atoms with Crippen molar-refractivity contribution < 1.29 is 14.3 Å². The highest BCUT2D eigenvalue weighted by Gasteiger charge is 2.33. The zero-order chi connectivity index (χ0) is 23.4. The maximum Gasteiger partial charge on any atom is 0.270 e. The van der Waals surface area contributed by atoms with E-state index in [4.69, 9.17) is 40.2 Å². The van der Waals surface area contributed by atoms with E-state index in [-0.39, 0.29) is 18.4 Å². The highest BCUT2D eigenvalue weighted by molar-refractivity contribution is 8.27. The lowest BCUT2D eigenvalue weighted by Gasteiger charge is -2.14. The van der Waals surface area contributed by atoms with Crippen LogP contribution in [0.5, 0.6) is 5.75 Å². The van der Waals surface area contributed by atoms with Gasteiger partial charge in [0.15, 0.2) is 10.9 Å². The van der Waals surface area contributed by atoms with Gasteiger partial charge in [-0.15, -0.1) is 0 Å². The number of anilines is 2. The minimum Gasteiger partial charge on any atom is -0.484 e. The fourth-order valence-corrected chi connectivity index (χ4v) is 4.63. The van der Waals surface area contributed by atoms with Gasteiger partial charge in [0.05, 0.1) is 21.3 Å². The minimum absolute atomic E-state index is 0.187. The molecule has 0 atom stereocenters. The molecule has 33 heavy (non-hydrogen) atoms. The number of hydrogen-bond donors (Lipinski definition) is 1. The fourth-order valence-electron chi connectivity index (χ4n) is 3.02. The molecule has 0 spiro atoms. The van der Waals surface area contributed by atoms with Crippen molar-refractivity contribution in [2.24, 2.45) is 0 Å². The topological polar surface area (TPSA) is 58.6 Å². The van der Waals surface area contributed by atoms with E-state index in [1.807, 2.05) is 6.07 Å². The molecule has 0 aliphatic carbocycles. The molecule has 2 amide bonds. The van der Waals surface area contributed by atoms with Gasteiger partial charge in [-0.25, -0.2) is 0 Å². The zero-order valence-electron chi connectivity index (χ0n) is 17.0. The van der Waals surface area contributed by atoms with E-state index in [9.17, 15) is 9.59 Å². The lowest BCUT2D eigenvalue weighted by Crippen LogP contribution is -2.27. The smallest absolute Gasteiger partial charge is 0.270 e. The van der Waals surface area contributed by atoms with E-state index in [2.05, 4.69) is 5.32 Å². The molecule has 1 aliphatic heterocycles. The van der Waals surface area contributed by atoms with Gasteiger partial charge in [0, 0.05) is 5.02 Å². The van der Waals surface area contributed by atoms with Gasteiger partial charge < -0.3 is 10.1 Å². The predicted octanol–water partition coefficient (Wildman–Crippen LogP) is 6.42. The standard InChI is InChI=1S/C24H16Cl2N2O3S2/c25-16-8-10-17(11-9-16)28-23(30)21(33-24(28)32)13-15-4-3-5-18(12-15)31-14-22(29)27-20-7-2-1-6-19(20)26/h1-13H,14H2,(H,27,29)/b21-13-. The van der Waals surface area contributed by atoms with E-state index >= 15 is 0 Å². The Hall–Kier alpha value is -2.84. The molecule has 3 aromatic rings. The van der Waals surface area contributed by atoms with Gasteiger partial charge in [-0.3, -0.25) is 14.5 Å². The molecule has 0 radical (unpaired) electrons. The van der Waals surface area contributed by atoms with Crippen LogP contribution in [-0.4, -0.2) is 22.7 Å². The van der Waals surface area contributed by atoms with Crippen LogP contribution in [0.25, 0.3) is 6.08 Å². The van der Waals surface area contributed by atoms with Crippen molar-refractivity contribution in [2.75, 3.05) is 16.8 Å². The Bertz CT molecular complexity index is 1260. The van der Waals surface area contributed by atoms with Gasteiger partial charge in [-0.2, -0.15) is 0 Å². The molecular weight excluding hydrogens is 499 g/mol. The van der Waals surface area contributed by atoms with Crippen molar-refractivity contribution in [3.63, 3.8) is 0 Å². The molecule has 0 unspecified atom stereocenters. The predicted molar refractivity (Wildman–Crippen MR) is 139 cm³/mol. The van der Waals surface area contributed by atoms with Crippen LogP contribution in [-0.2, 0) is 9.59 Å². The lowest BCUT2D eigenvalue weighted by molar-refractivity contribution is -0.118. The number of halogens is 2. The molecule has 5 nitrogen and oxygen atoms in total. The van der Waals surface area contributed by atoms with Crippen LogP contribution in [0.15, 0.2) is 77.7 Å². The Morgan fingerprint density at radius 3 is 2.58 bits per heavy atom. The minimum atomic E-state index is -0.336. The maximum atomic E-state index is 12.9. The van der Waals surface area contributed by atoms with Crippen molar-refractivity contribution in [1.29, 1.82) is 0 Å². The molecule has 1 N–H and O–H groups in total. The first kappa shape index (κ1) is 23.3. The summed E-state index contributed by atoms with van der Waals surface area (Å²) < 4.78 is 6.05. The number of hydrogen-bond acceptors (Lipinski definition) is 5. The van der Waals surface area contributed by atoms with Crippen molar-refractivity contribution >= 4 is 80.8 Å². The van der Waals surface area contributed by atoms with Crippen LogP contribution < -0.4 is 15.0 Å². The summed E-state index contributed by atoms with van der Waals surface area (Å²) >= 11 is 18.6. The molecule has 9 heteroatoms. The quantitative estimate of drug-likeness (QED) is 0.304. The number of rotatable bonds is 6. The Morgan fingerprint density at radius 2 is 1.82 bits per heavy atom. The number of thiocarbonyl (C=S) groups is 1. The second-order valence-corrected chi connectivity index (χ2v) is 9.40. The van der Waals surface area contributed by atoms with Crippen LogP contribution in [0, 0.1) is 0 Å². The number of carbonyl (C=O) groups is 2. The van der Waals surface area contributed by atoms with E-state index in [1.165, 1.54) is 16.7 Å². The third kappa shape index (κ3) is 5.75. The summed E-state index contributed by atoms with van der Waals surface area (Å²) in [6.45, 7) is -0.187. The first-order chi connectivity index (χ1) is 15.9. The summed E-state index contributed by atoms with van der Waals surface area (Å²) in [6, 6.07) is 21.0. The summed E-state index contributed by atoms with van der Waals surface area (Å²) in [5, 5.41) is 3.73. The molecule has 4 rings (SSSR count). The van der Waals surface area contributed by atoms with Gasteiger partial charge in [-0.1, -0.05) is 71.4 Å². The normalized spacial score (nSPS) is 14.6. The van der Waals surface area contributed by atoms with E-state index in [0.29, 0.717) is 36.4 Å². The Kier molecular flexibility index (Phi) is 7.35.